The summed E-state index contributed by atoms with van der Waals surface area (Å²) < 4.78 is 11.2. The molecule has 1 aromatic heterocycles. The Bertz CT molecular complexity index is 627. The van der Waals surface area contributed by atoms with Crippen LogP contribution in [0, 0.1) is 13.8 Å². The Morgan fingerprint density at radius 3 is 2.65 bits per heavy atom. The Hall–Kier alpha value is -1.63. The van der Waals surface area contributed by atoms with Gasteiger partial charge in [-0.1, -0.05) is 6.07 Å². The molecule has 1 aliphatic rings. The second-order valence-electron chi connectivity index (χ2n) is 4.69. The minimum atomic E-state index is -0.0861. The highest BCUT2D eigenvalue weighted by molar-refractivity contribution is 7.11. The fourth-order valence-corrected chi connectivity index (χ4v) is 3.39. The molecule has 0 spiro atoms. The highest BCUT2D eigenvalue weighted by atomic mass is 32.1. The Kier molecular flexibility index (Phi) is 3.60. The minimum Gasteiger partial charge on any atom is -0.486 e. The van der Waals surface area contributed by atoms with Crippen LogP contribution in [-0.4, -0.2) is 18.2 Å². The quantitative estimate of drug-likeness (QED) is 0.669. The van der Waals surface area contributed by atoms with E-state index >= 15 is 0 Å². The summed E-state index contributed by atoms with van der Waals surface area (Å²) in [5, 5.41) is 1.04. The first-order chi connectivity index (χ1) is 9.69. The Morgan fingerprint density at radius 1 is 1.25 bits per heavy atom. The van der Waals surface area contributed by atoms with Crippen molar-refractivity contribution in [3.8, 4) is 11.5 Å². The van der Waals surface area contributed by atoms with Crippen molar-refractivity contribution in [3.63, 3.8) is 0 Å². The number of benzene rings is 1. The van der Waals surface area contributed by atoms with E-state index in [-0.39, 0.29) is 6.04 Å². The van der Waals surface area contributed by atoms with E-state index in [9.17, 15) is 0 Å². The third-order valence-corrected chi connectivity index (χ3v) is 4.41. The van der Waals surface area contributed by atoms with Gasteiger partial charge >= 0.3 is 0 Å². The number of aryl methyl sites for hydroxylation is 2. The molecule has 0 fully saturated rings. The Morgan fingerprint density at radius 2 is 2.00 bits per heavy atom. The van der Waals surface area contributed by atoms with Crippen molar-refractivity contribution in [2.45, 2.75) is 19.9 Å². The molecule has 0 amide bonds. The van der Waals surface area contributed by atoms with Gasteiger partial charge < -0.3 is 9.47 Å². The average Bonchev–Trinajstić information content (AvgIpc) is 2.78. The second kappa shape index (κ2) is 5.40. The van der Waals surface area contributed by atoms with Crippen molar-refractivity contribution in [1.29, 1.82) is 0 Å². The first-order valence-electron chi connectivity index (χ1n) is 6.48. The van der Waals surface area contributed by atoms with E-state index in [0.717, 1.165) is 32.6 Å². The van der Waals surface area contributed by atoms with Gasteiger partial charge in [0.1, 0.15) is 13.2 Å². The van der Waals surface area contributed by atoms with E-state index in [4.69, 9.17) is 15.3 Å². The summed E-state index contributed by atoms with van der Waals surface area (Å²) in [5.74, 6) is 7.30. The summed E-state index contributed by atoms with van der Waals surface area (Å²) in [6.07, 6.45) is 0. The number of hydrazine groups is 1. The lowest BCUT2D eigenvalue weighted by atomic mass is 10.0. The number of aromatic nitrogens is 1. The molecule has 0 radical (unpaired) electrons. The lowest BCUT2D eigenvalue weighted by Gasteiger charge is -2.21. The molecule has 1 unspecified atom stereocenters. The molecule has 3 N–H and O–H groups in total. The smallest absolute Gasteiger partial charge is 0.161 e. The zero-order valence-electron chi connectivity index (χ0n) is 11.5. The maximum atomic E-state index is 5.75. The largest absolute Gasteiger partial charge is 0.486 e. The van der Waals surface area contributed by atoms with E-state index in [2.05, 4.69) is 10.4 Å². The summed E-state index contributed by atoms with van der Waals surface area (Å²) in [6.45, 7) is 5.17. The van der Waals surface area contributed by atoms with E-state index in [1.807, 2.05) is 32.0 Å². The van der Waals surface area contributed by atoms with Crippen molar-refractivity contribution < 1.29 is 9.47 Å². The van der Waals surface area contributed by atoms with Crippen LogP contribution in [0.5, 0.6) is 11.5 Å². The highest BCUT2D eigenvalue weighted by Gasteiger charge is 2.21. The van der Waals surface area contributed by atoms with Crippen LogP contribution in [0.2, 0.25) is 0 Å². The van der Waals surface area contributed by atoms with Gasteiger partial charge in [0.15, 0.2) is 11.5 Å². The second-order valence-corrected chi connectivity index (χ2v) is 5.92. The third-order valence-electron chi connectivity index (χ3n) is 3.27. The van der Waals surface area contributed by atoms with Crippen molar-refractivity contribution >= 4 is 11.3 Å². The molecular formula is C14H17N3O2S. The minimum absolute atomic E-state index is 0.0861. The van der Waals surface area contributed by atoms with Crippen LogP contribution in [0.4, 0.5) is 0 Å². The molecule has 2 heterocycles. The predicted octanol–water partition coefficient (Wildman–Crippen LogP) is 2.08. The first-order valence-corrected chi connectivity index (χ1v) is 7.30. The van der Waals surface area contributed by atoms with Crippen LogP contribution in [0.1, 0.15) is 27.2 Å². The average molecular weight is 291 g/mol. The lowest BCUT2D eigenvalue weighted by molar-refractivity contribution is 0.171. The van der Waals surface area contributed by atoms with E-state index in [0.29, 0.717) is 13.2 Å². The maximum absolute atomic E-state index is 5.75. The number of hydrogen-bond acceptors (Lipinski definition) is 6. The molecule has 20 heavy (non-hydrogen) atoms. The van der Waals surface area contributed by atoms with E-state index in [1.165, 1.54) is 0 Å². The van der Waals surface area contributed by atoms with Crippen LogP contribution in [-0.2, 0) is 0 Å². The van der Waals surface area contributed by atoms with E-state index in [1.54, 1.807) is 11.3 Å². The van der Waals surface area contributed by atoms with Gasteiger partial charge in [0.25, 0.3) is 0 Å². The molecular weight excluding hydrogens is 274 g/mol. The molecule has 2 aromatic rings. The molecule has 0 aliphatic carbocycles. The maximum Gasteiger partial charge on any atom is 0.161 e. The zero-order valence-corrected chi connectivity index (χ0v) is 12.3. The number of rotatable bonds is 3. The standard InChI is InChI=1S/C14H17N3O2S/c1-8-14(20-9(2)16-8)13(17-15)10-3-4-11-12(7-10)19-6-5-18-11/h3-4,7,13,17H,5-6,15H2,1-2H3. The van der Waals surface area contributed by atoms with Gasteiger partial charge in [-0.25, -0.2) is 10.4 Å². The SMILES string of the molecule is Cc1nc(C)c(C(NN)c2ccc3c(c2)OCCO3)s1. The zero-order chi connectivity index (χ0) is 14.1. The van der Waals surface area contributed by atoms with Gasteiger partial charge in [-0.05, 0) is 31.5 Å². The normalized spacial score (nSPS) is 15.2. The Labute approximate surface area is 121 Å². The van der Waals surface area contributed by atoms with Crippen LogP contribution in [0.3, 0.4) is 0 Å². The van der Waals surface area contributed by atoms with Crippen molar-refractivity contribution in [3.05, 3.63) is 39.3 Å². The topological polar surface area (TPSA) is 69.4 Å². The molecule has 0 saturated carbocycles. The number of nitrogens with one attached hydrogen (secondary N) is 1. The molecule has 5 nitrogen and oxygen atoms in total. The van der Waals surface area contributed by atoms with Crippen LogP contribution < -0.4 is 20.7 Å². The molecule has 1 atom stereocenters. The van der Waals surface area contributed by atoms with Gasteiger partial charge in [-0.15, -0.1) is 11.3 Å². The number of hydrogen-bond donors (Lipinski definition) is 2. The molecule has 6 heteroatoms. The summed E-state index contributed by atoms with van der Waals surface area (Å²) in [4.78, 5) is 5.59. The molecule has 0 bridgehead atoms. The number of nitrogens with zero attached hydrogens (tertiary/aromatic N) is 1. The van der Waals surface area contributed by atoms with Crippen LogP contribution in [0.25, 0.3) is 0 Å². The molecule has 3 rings (SSSR count). The first kappa shape index (κ1) is 13.4. The summed E-state index contributed by atoms with van der Waals surface area (Å²) in [5.41, 5.74) is 4.92. The summed E-state index contributed by atoms with van der Waals surface area (Å²) in [7, 11) is 0. The predicted molar refractivity (Wildman–Crippen MR) is 78.2 cm³/mol. The monoisotopic (exact) mass is 291 g/mol. The number of fused-ring (bicyclic) bond motifs is 1. The van der Waals surface area contributed by atoms with Crippen LogP contribution >= 0.6 is 11.3 Å². The number of ether oxygens (including phenoxy) is 2. The number of nitrogens with two attached hydrogens (primary N) is 1. The summed E-state index contributed by atoms with van der Waals surface area (Å²) >= 11 is 1.65. The third kappa shape index (κ3) is 2.37. The van der Waals surface area contributed by atoms with Crippen molar-refractivity contribution in [2.24, 2.45) is 5.84 Å². The van der Waals surface area contributed by atoms with Gasteiger partial charge in [-0.2, -0.15) is 0 Å². The molecule has 0 saturated heterocycles. The lowest BCUT2D eigenvalue weighted by Crippen LogP contribution is -2.29. The summed E-state index contributed by atoms with van der Waals surface area (Å²) in [6, 6.07) is 5.83. The molecule has 106 valence electrons. The van der Waals surface area contributed by atoms with Gasteiger partial charge in [-0.3, -0.25) is 5.84 Å². The van der Waals surface area contributed by atoms with E-state index < -0.39 is 0 Å². The number of thiazole rings is 1. The highest BCUT2D eigenvalue weighted by Crippen LogP contribution is 2.36. The van der Waals surface area contributed by atoms with Crippen LogP contribution in [0.15, 0.2) is 18.2 Å². The Balaban J connectivity index is 1.99. The van der Waals surface area contributed by atoms with Gasteiger partial charge in [0.05, 0.1) is 21.6 Å². The molecule has 1 aromatic carbocycles. The van der Waals surface area contributed by atoms with Gasteiger partial charge in [0.2, 0.25) is 0 Å². The fraction of sp³-hybridized carbons (Fsp3) is 0.357. The fourth-order valence-electron chi connectivity index (χ4n) is 2.38. The molecule has 1 aliphatic heterocycles. The van der Waals surface area contributed by atoms with Crippen molar-refractivity contribution in [2.75, 3.05) is 13.2 Å². The van der Waals surface area contributed by atoms with Gasteiger partial charge in [0, 0.05) is 0 Å². The van der Waals surface area contributed by atoms with Crippen molar-refractivity contribution in [1.82, 2.24) is 10.4 Å².